The number of hydrogen-bond acceptors (Lipinski definition) is 4. The summed E-state index contributed by atoms with van der Waals surface area (Å²) >= 11 is 5.97. The van der Waals surface area contributed by atoms with Gasteiger partial charge < -0.3 is 10.6 Å². The van der Waals surface area contributed by atoms with E-state index in [1.54, 1.807) is 17.2 Å². The highest BCUT2D eigenvalue weighted by atomic mass is 35.5. The first-order chi connectivity index (χ1) is 13.4. The lowest BCUT2D eigenvalue weighted by molar-refractivity contribution is -0.118. The van der Waals surface area contributed by atoms with Crippen molar-refractivity contribution >= 4 is 23.2 Å². The number of hydrogen-bond donors (Lipinski definition) is 1. The summed E-state index contributed by atoms with van der Waals surface area (Å²) < 4.78 is 13.8. The monoisotopic (exact) mass is 398 g/mol. The molecule has 28 heavy (non-hydrogen) atoms. The van der Waals surface area contributed by atoms with Crippen LogP contribution in [0.4, 0.5) is 10.1 Å². The van der Waals surface area contributed by atoms with E-state index < -0.39 is 5.82 Å². The topological polar surface area (TPSA) is 72.1 Å². The molecular weight excluding hydrogens is 379 g/mol. The zero-order valence-electron chi connectivity index (χ0n) is 15.4. The van der Waals surface area contributed by atoms with Crippen LogP contribution in [0.2, 0.25) is 5.02 Å². The van der Waals surface area contributed by atoms with Gasteiger partial charge in [0, 0.05) is 17.3 Å². The van der Waals surface area contributed by atoms with Gasteiger partial charge in [-0.3, -0.25) is 4.79 Å². The van der Waals surface area contributed by atoms with Crippen LogP contribution in [0.25, 0.3) is 0 Å². The summed E-state index contributed by atoms with van der Waals surface area (Å²) in [5.74, 6) is -0.626. The summed E-state index contributed by atoms with van der Waals surface area (Å²) in [6, 6.07) is 13.4. The van der Waals surface area contributed by atoms with Gasteiger partial charge in [-0.2, -0.15) is 10.2 Å². The summed E-state index contributed by atoms with van der Waals surface area (Å²) in [6.07, 6.45) is 1.71. The first-order valence-corrected chi connectivity index (χ1v) is 9.15. The standard InChI is InChI=1S/C21H20ClFN4O/c1-14-6-19(26-25-12-14)10-21(28)27(20-4-2-15(11-24)3-5-20)13-16-7-17(22)9-18(23)8-16/h2-9,12H,10-11,13,24H2,1H3. The number of anilines is 1. The fourth-order valence-corrected chi connectivity index (χ4v) is 3.12. The highest BCUT2D eigenvalue weighted by molar-refractivity contribution is 6.30. The second kappa shape index (κ2) is 8.91. The van der Waals surface area contributed by atoms with Crippen LogP contribution in [0.1, 0.15) is 22.4 Å². The molecule has 0 bridgehead atoms. The smallest absolute Gasteiger partial charge is 0.233 e. The van der Waals surface area contributed by atoms with Gasteiger partial charge in [-0.1, -0.05) is 23.7 Å². The van der Waals surface area contributed by atoms with Gasteiger partial charge >= 0.3 is 0 Å². The summed E-state index contributed by atoms with van der Waals surface area (Å²) in [4.78, 5) is 14.6. The molecule has 1 amide bonds. The molecule has 144 valence electrons. The van der Waals surface area contributed by atoms with Crippen LogP contribution in [-0.2, 0) is 24.3 Å². The van der Waals surface area contributed by atoms with E-state index >= 15 is 0 Å². The molecule has 0 fully saturated rings. The number of rotatable bonds is 6. The van der Waals surface area contributed by atoms with Crippen molar-refractivity contribution in [2.75, 3.05) is 4.90 Å². The van der Waals surface area contributed by atoms with Gasteiger partial charge in [0.1, 0.15) is 5.82 Å². The van der Waals surface area contributed by atoms with Crippen LogP contribution in [0.15, 0.2) is 54.7 Å². The number of aryl methyl sites for hydroxylation is 1. The van der Waals surface area contributed by atoms with E-state index in [-0.39, 0.29) is 23.9 Å². The van der Waals surface area contributed by atoms with E-state index in [0.29, 0.717) is 23.5 Å². The third kappa shape index (κ3) is 5.12. The molecule has 0 unspecified atom stereocenters. The quantitative estimate of drug-likeness (QED) is 0.685. The fourth-order valence-electron chi connectivity index (χ4n) is 2.88. The van der Waals surface area contributed by atoms with Crippen LogP contribution < -0.4 is 10.6 Å². The molecule has 0 aliphatic rings. The first-order valence-electron chi connectivity index (χ1n) is 8.77. The number of carbonyl (C=O) groups excluding carboxylic acids is 1. The van der Waals surface area contributed by atoms with E-state index in [4.69, 9.17) is 17.3 Å². The lowest BCUT2D eigenvalue weighted by Gasteiger charge is -2.23. The van der Waals surface area contributed by atoms with Crippen molar-refractivity contribution in [2.45, 2.75) is 26.4 Å². The second-order valence-corrected chi connectivity index (χ2v) is 6.97. The molecule has 0 radical (unpaired) electrons. The van der Waals surface area contributed by atoms with Crippen molar-refractivity contribution < 1.29 is 9.18 Å². The third-order valence-electron chi connectivity index (χ3n) is 4.22. The molecule has 0 saturated carbocycles. The number of carbonyl (C=O) groups is 1. The Labute approximate surface area is 168 Å². The zero-order valence-corrected chi connectivity index (χ0v) is 16.2. The molecule has 0 saturated heterocycles. The number of benzene rings is 2. The predicted octanol–water partition coefficient (Wildman–Crippen LogP) is 3.81. The van der Waals surface area contributed by atoms with Crippen molar-refractivity contribution in [1.82, 2.24) is 10.2 Å². The average Bonchev–Trinajstić information content (AvgIpc) is 2.65. The maximum atomic E-state index is 13.8. The zero-order chi connectivity index (χ0) is 20.1. The molecule has 0 aliphatic carbocycles. The second-order valence-electron chi connectivity index (χ2n) is 6.53. The Morgan fingerprint density at radius 3 is 2.54 bits per heavy atom. The minimum absolute atomic E-state index is 0.0797. The van der Waals surface area contributed by atoms with Crippen LogP contribution >= 0.6 is 11.6 Å². The summed E-state index contributed by atoms with van der Waals surface area (Å²) in [6.45, 7) is 2.48. The molecule has 2 N–H and O–H groups in total. The van der Waals surface area contributed by atoms with Crippen molar-refractivity contribution in [1.29, 1.82) is 0 Å². The largest absolute Gasteiger partial charge is 0.326 e. The van der Waals surface area contributed by atoms with Crippen molar-refractivity contribution in [3.8, 4) is 0 Å². The van der Waals surface area contributed by atoms with Gasteiger partial charge in [-0.05, 0) is 60.0 Å². The molecule has 0 spiro atoms. The van der Waals surface area contributed by atoms with Crippen LogP contribution in [0, 0.1) is 12.7 Å². The predicted molar refractivity (Wildman–Crippen MR) is 107 cm³/mol. The van der Waals surface area contributed by atoms with E-state index in [9.17, 15) is 9.18 Å². The lowest BCUT2D eigenvalue weighted by atomic mass is 10.1. The molecule has 0 atom stereocenters. The van der Waals surface area contributed by atoms with Gasteiger partial charge in [0.25, 0.3) is 0 Å². The van der Waals surface area contributed by atoms with Crippen molar-refractivity contribution in [3.05, 3.63) is 88.0 Å². The van der Waals surface area contributed by atoms with E-state index in [2.05, 4.69) is 10.2 Å². The van der Waals surface area contributed by atoms with Crippen LogP contribution in [0.3, 0.4) is 0 Å². The summed E-state index contributed by atoms with van der Waals surface area (Å²) in [5, 5.41) is 8.20. The molecule has 3 aromatic rings. The molecule has 7 heteroatoms. The Balaban J connectivity index is 1.91. The van der Waals surface area contributed by atoms with E-state index in [1.165, 1.54) is 12.1 Å². The minimum Gasteiger partial charge on any atom is -0.326 e. The Morgan fingerprint density at radius 2 is 1.89 bits per heavy atom. The highest BCUT2D eigenvalue weighted by Crippen LogP contribution is 2.22. The Hall–Kier alpha value is -2.83. The maximum Gasteiger partial charge on any atom is 0.233 e. The van der Waals surface area contributed by atoms with E-state index in [0.717, 1.165) is 11.1 Å². The lowest BCUT2D eigenvalue weighted by Crippen LogP contribution is -2.32. The molecular formula is C21H20ClFN4O. The molecule has 3 rings (SSSR count). The Morgan fingerprint density at radius 1 is 1.14 bits per heavy atom. The van der Waals surface area contributed by atoms with E-state index in [1.807, 2.05) is 37.3 Å². The van der Waals surface area contributed by atoms with Gasteiger partial charge in [-0.15, -0.1) is 0 Å². The highest BCUT2D eigenvalue weighted by Gasteiger charge is 2.18. The maximum absolute atomic E-state index is 13.8. The Bertz CT molecular complexity index is 958. The van der Waals surface area contributed by atoms with Crippen LogP contribution in [0.5, 0.6) is 0 Å². The molecule has 2 aromatic carbocycles. The number of nitrogens with two attached hydrogens (primary N) is 1. The first kappa shape index (κ1) is 19.9. The molecule has 1 heterocycles. The molecule has 5 nitrogen and oxygen atoms in total. The Kier molecular flexibility index (Phi) is 6.34. The SMILES string of the molecule is Cc1cnnc(CC(=O)N(Cc2cc(F)cc(Cl)c2)c2ccc(CN)cc2)c1. The van der Waals surface area contributed by atoms with Gasteiger partial charge in [0.05, 0.1) is 24.9 Å². The van der Waals surface area contributed by atoms with Crippen LogP contribution in [-0.4, -0.2) is 16.1 Å². The van der Waals surface area contributed by atoms with Crippen molar-refractivity contribution in [2.24, 2.45) is 5.73 Å². The molecule has 1 aromatic heterocycles. The minimum atomic E-state index is -0.446. The molecule has 0 aliphatic heterocycles. The van der Waals surface area contributed by atoms with Gasteiger partial charge in [0.2, 0.25) is 5.91 Å². The van der Waals surface area contributed by atoms with Gasteiger partial charge in [-0.25, -0.2) is 4.39 Å². The summed E-state index contributed by atoms with van der Waals surface area (Å²) in [5.41, 5.74) is 9.39. The normalized spacial score (nSPS) is 10.7. The number of halogens is 2. The van der Waals surface area contributed by atoms with Crippen molar-refractivity contribution in [3.63, 3.8) is 0 Å². The fraction of sp³-hybridized carbons (Fsp3) is 0.190. The number of nitrogens with zero attached hydrogens (tertiary/aromatic N) is 3. The third-order valence-corrected chi connectivity index (χ3v) is 4.44. The van der Waals surface area contributed by atoms with Gasteiger partial charge in [0.15, 0.2) is 0 Å². The average molecular weight is 399 g/mol. The number of aromatic nitrogens is 2. The summed E-state index contributed by atoms with van der Waals surface area (Å²) in [7, 11) is 0. The number of amides is 1.